The summed E-state index contributed by atoms with van der Waals surface area (Å²) in [5, 5.41) is 9.08. The summed E-state index contributed by atoms with van der Waals surface area (Å²) in [6, 6.07) is 9.26. The number of carbonyl (C=O) groups is 2. The Morgan fingerprint density at radius 2 is 2.05 bits per heavy atom. The molecule has 0 radical (unpaired) electrons. The fourth-order valence-corrected chi connectivity index (χ4v) is 2.55. The summed E-state index contributed by atoms with van der Waals surface area (Å²) < 4.78 is 5.31. The number of nitrogens with zero attached hydrogens (tertiary/aromatic N) is 1. The molecule has 0 aliphatic carbocycles. The van der Waals surface area contributed by atoms with Crippen LogP contribution in [0, 0.1) is 5.92 Å². The van der Waals surface area contributed by atoms with Crippen LogP contribution in [-0.4, -0.2) is 42.1 Å². The zero-order valence-electron chi connectivity index (χ0n) is 11.5. The Kier molecular flexibility index (Phi) is 4.74. The second kappa shape index (κ2) is 6.52. The average molecular weight is 277 g/mol. The SMILES string of the molecule is CO[C@H](C(=O)N1CCC[C@H](C(=O)O)C1)c1ccccc1. The Labute approximate surface area is 118 Å². The van der Waals surface area contributed by atoms with Gasteiger partial charge < -0.3 is 14.7 Å². The quantitative estimate of drug-likeness (QED) is 0.909. The molecule has 1 N–H and O–H groups in total. The molecular weight excluding hydrogens is 258 g/mol. The van der Waals surface area contributed by atoms with Crippen LogP contribution in [0.3, 0.4) is 0 Å². The van der Waals surface area contributed by atoms with Gasteiger partial charge in [0.05, 0.1) is 5.92 Å². The summed E-state index contributed by atoms with van der Waals surface area (Å²) in [5.74, 6) is -1.47. The zero-order valence-corrected chi connectivity index (χ0v) is 11.5. The molecule has 5 heteroatoms. The van der Waals surface area contributed by atoms with Crippen molar-refractivity contribution in [2.45, 2.75) is 18.9 Å². The first-order valence-electron chi connectivity index (χ1n) is 6.73. The van der Waals surface area contributed by atoms with E-state index in [9.17, 15) is 9.59 Å². The first-order chi connectivity index (χ1) is 9.63. The van der Waals surface area contributed by atoms with Crippen molar-refractivity contribution >= 4 is 11.9 Å². The first-order valence-corrected chi connectivity index (χ1v) is 6.73. The van der Waals surface area contributed by atoms with Gasteiger partial charge in [-0.15, -0.1) is 0 Å². The van der Waals surface area contributed by atoms with E-state index in [1.807, 2.05) is 30.3 Å². The van der Waals surface area contributed by atoms with E-state index in [1.54, 1.807) is 4.90 Å². The highest BCUT2D eigenvalue weighted by Gasteiger charge is 2.32. The summed E-state index contributed by atoms with van der Waals surface area (Å²) in [5.41, 5.74) is 0.789. The van der Waals surface area contributed by atoms with Gasteiger partial charge in [0, 0.05) is 20.2 Å². The zero-order chi connectivity index (χ0) is 14.5. The van der Waals surface area contributed by atoms with E-state index in [-0.39, 0.29) is 12.5 Å². The van der Waals surface area contributed by atoms with E-state index in [0.29, 0.717) is 19.4 Å². The van der Waals surface area contributed by atoms with Gasteiger partial charge >= 0.3 is 5.97 Å². The molecule has 1 aliphatic heterocycles. The molecule has 2 atom stereocenters. The average Bonchev–Trinajstić information content (AvgIpc) is 2.49. The molecule has 1 aromatic carbocycles. The molecule has 1 saturated heterocycles. The maximum absolute atomic E-state index is 12.5. The number of carbonyl (C=O) groups excluding carboxylic acids is 1. The van der Waals surface area contributed by atoms with Gasteiger partial charge in [0.15, 0.2) is 6.10 Å². The number of methoxy groups -OCH3 is 1. The number of likely N-dealkylation sites (tertiary alicyclic amines) is 1. The largest absolute Gasteiger partial charge is 0.481 e. The molecule has 1 aliphatic rings. The van der Waals surface area contributed by atoms with Gasteiger partial charge in [-0.05, 0) is 18.4 Å². The lowest BCUT2D eigenvalue weighted by atomic mass is 9.97. The van der Waals surface area contributed by atoms with Gasteiger partial charge in [0.1, 0.15) is 0 Å². The summed E-state index contributed by atoms with van der Waals surface area (Å²) in [4.78, 5) is 25.2. The molecule has 5 nitrogen and oxygen atoms in total. The van der Waals surface area contributed by atoms with E-state index >= 15 is 0 Å². The maximum atomic E-state index is 12.5. The van der Waals surface area contributed by atoms with Gasteiger partial charge in [-0.2, -0.15) is 0 Å². The minimum atomic E-state index is -0.837. The molecule has 1 heterocycles. The molecule has 0 spiro atoms. The number of ether oxygens (including phenoxy) is 1. The number of aliphatic carboxylic acids is 1. The van der Waals surface area contributed by atoms with Crippen molar-refractivity contribution in [1.29, 1.82) is 0 Å². The Balaban J connectivity index is 2.11. The van der Waals surface area contributed by atoms with Gasteiger partial charge in [-0.1, -0.05) is 30.3 Å². The molecule has 108 valence electrons. The lowest BCUT2D eigenvalue weighted by molar-refractivity contribution is -0.149. The van der Waals surface area contributed by atoms with Crippen LogP contribution in [0.1, 0.15) is 24.5 Å². The van der Waals surface area contributed by atoms with Crippen LogP contribution in [0.5, 0.6) is 0 Å². The Hall–Kier alpha value is -1.88. The number of carboxylic acids is 1. The number of rotatable bonds is 4. The van der Waals surface area contributed by atoms with Crippen LogP contribution in [0.25, 0.3) is 0 Å². The molecule has 1 aromatic rings. The molecule has 2 rings (SSSR count). The third-order valence-electron chi connectivity index (χ3n) is 3.64. The molecule has 1 fully saturated rings. The standard InChI is InChI=1S/C15H19NO4/c1-20-13(11-6-3-2-4-7-11)14(17)16-9-5-8-12(10-16)15(18)19/h2-4,6-7,12-13H,5,8-10H2,1H3,(H,18,19)/t12-,13-/m0/s1. The predicted molar refractivity (Wildman–Crippen MR) is 73.1 cm³/mol. The van der Waals surface area contributed by atoms with E-state index in [1.165, 1.54) is 7.11 Å². The van der Waals surface area contributed by atoms with Crippen molar-refractivity contribution < 1.29 is 19.4 Å². The van der Waals surface area contributed by atoms with E-state index < -0.39 is 18.0 Å². The molecule has 0 saturated carbocycles. The molecule has 20 heavy (non-hydrogen) atoms. The van der Waals surface area contributed by atoms with Crippen LogP contribution in [0.4, 0.5) is 0 Å². The predicted octanol–water partition coefficient (Wildman–Crippen LogP) is 1.70. The third-order valence-corrected chi connectivity index (χ3v) is 3.64. The Bertz CT molecular complexity index is 474. The normalized spacial score (nSPS) is 20.4. The van der Waals surface area contributed by atoms with Gasteiger partial charge in [0.25, 0.3) is 5.91 Å². The molecule has 1 amide bonds. The van der Waals surface area contributed by atoms with Gasteiger partial charge in [-0.3, -0.25) is 9.59 Å². The summed E-state index contributed by atoms with van der Waals surface area (Å²) in [6.07, 6.45) is 0.680. The minimum Gasteiger partial charge on any atom is -0.481 e. The smallest absolute Gasteiger partial charge is 0.308 e. The number of benzene rings is 1. The highest BCUT2D eigenvalue weighted by molar-refractivity contribution is 5.83. The molecule has 0 bridgehead atoms. The fraction of sp³-hybridized carbons (Fsp3) is 0.467. The van der Waals surface area contributed by atoms with Crippen LogP contribution in [0.15, 0.2) is 30.3 Å². The minimum absolute atomic E-state index is 0.162. The molecule has 0 aromatic heterocycles. The van der Waals surface area contributed by atoms with Crippen LogP contribution >= 0.6 is 0 Å². The summed E-state index contributed by atoms with van der Waals surface area (Å²) in [7, 11) is 1.49. The van der Waals surface area contributed by atoms with Crippen molar-refractivity contribution in [2.24, 2.45) is 5.92 Å². The maximum Gasteiger partial charge on any atom is 0.308 e. The number of hydrogen-bond donors (Lipinski definition) is 1. The second-order valence-electron chi connectivity index (χ2n) is 4.99. The fourth-order valence-electron chi connectivity index (χ4n) is 2.55. The topological polar surface area (TPSA) is 66.8 Å². The molecular formula is C15H19NO4. The van der Waals surface area contributed by atoms with Crippen molar-refractivity contribution in [3.05, 3.63) is 35.9 Å². The number of carboxylic acid groups (broad SMARTS) is 1. The number of hydrogen-bond acceptors (Lipinski definition) is 3. The van der Waals surface area contributed by atoms with Crippen molar-refractivity contribution in [1.82, 2.24) is 4.90 Å². The van der Waals surface area contributed by atoms with Crippen LogP contribution < -0.4 is 0 Å². The first kappa shape index (κ1) is 14.5. The van der Waals surface area contributed by atoms with Crippen molar-refractivity contribution in [2.75, 3.05) is 20.2 Å². The van der Waals surface area contributed by atoms with Gasteiger partial charge in [-0.25, -0.2) is 0 Å². The lowest BCUT2D eigenvalue weighted by Gasteiger charge is -2.33. The summed E-state index contributed by atoms with van der Waals surface area (Å²) >= 11 is 0. The van der Waals surface area contributed by atoms with Crippen molar-refractivity contribution in [3.8, 4) is 0 Å². The monoisotopic (exact) mass is 277 g/mol. The third kappa shape index (κ3) is 3.17. The van der Waals surface area contributed by atoms with Gasteiger partial charge in [0.2, 0.25) is 0 Å². The van der Waals surface area contributed by atoms with Crippen molar-refractivity contribution in [3.63, 3.8) is 0 Å². The second-order valence-corrected chi connectivity index (χ2v) is 4.99. The van der Waals surface area contributed by atoms with Crippen LogP contribution in [-0.2, 0) is 14.3 Å². The number of amides is 1. The molecule has 0 unspecified atom stereocenters. The van der Waals surface area contributed by atoms with E-state index in [4.69, 9.17) is 9.84 Å². The summed E-state index contributed by atoms with van der Waals surface area (Å²) in [6.45, 7) is 0.857. The Morgan fingerprint density at radius 3 is 2.65 bits per heavy atom. The highest BCUT2D eigenvalue weighted by atomic mass is 16.5. The van der Waals surface area contributed by atoms with E-state index in [0.717, 1.165) is 5.56 Å². The highest BCUT2D eigenvalue weighted by Crippen LogP contribution is 2.23. The number of piperidine rings is 1. The lowest BCUT2D eigenvalue weighted by Crippen LogP contribution is -2.44. The van der Waals surface area contributed by atoms with E-state index in [2.05, 4.69) is 0 Å². The Morgan fingerprint density at radius 1 is 1.35 bits per heavy atom. The van der Waals surface area contributed by atoms with Crippen LogP contribution in [0.2, 0.25) is 0 Å².